The van der Waals surface area contributed by atoms with E-state index in [4.69, 9.17) is 21.7 Å². The fraction of sp³-hybridized carbons (Fsp3) is 0.333. The Kier molecular flexibility index (Phi) is 6.22. The second-order valence-electron chi connectivity index (χ2n) is 6.29. The normalized spacial score (nSPS) is 17.3. The smallest absolute Gasteiger partial charge is 0.412 e. The molecule has 3 N–H and O–H groups in total. The van der Waals surface area contributed by atoms with Crippen LogP contribution in [0.1, 0.15) is 31.1 Å². The fourth-order valence-electron chi connectivity index (χ4n) is 2.65. The lowest BCUT2D eigenvalue weighted by Crippen LogP contribution is -2.44. The van der Waals surface area contributed by atoms with Gasteiger partial charge in [0.15, 0.2) is 0 Å². The number of ether oxygens (including phenoxy) is 1. The van der Waals surface area contributed by atoms with Gasteiger partial charge in [-0.1, -0.05) is 18.2 Å². The summed E-state index contributed by atoms with van der Waals surface area (Å²) in [6.07, 6.45) is -0.783. The predicted octanol–water partition coefficient (Wildman–Crippen LogP) is 2.85. The minimum atomic E-state index is -0.993. The van der Waals surface area contributed by atoms with E-state index in [1.807, 2.05) is 0 Å². The highest BCUT2D eigenvalue weighted by Crippen LogP contribution is 2.31. The van der Waals surface area contributed by atoms with Crippen molar-refractivity contribution in [2.75, 3.05) is 13.2 Å². The lowest BCUT2D eigenvalue weighted by atomic mass is 9.97. The van der Waals surface area contributed by atoms with E-state index >= 15 is 0 Å². The predicted molar refractivity (Wildman–Crippen MR) is 101 cm³/mol. The largest absolute Gasteiger partial charge is 0.450 e. The number of rotatable bonds is 4. The molecule has 0 aliphatic carbocycles. The van der Waals surface area contributed by atoms with Crippen molar-refractivity contribution in [3.05, 3.63) is 47.3 Å². The molecule has 0 radical (unpaired) electrons. The van der Waals surface area contributed by atoms with Crippen LogP contribution in [0.3, 0.4) is 0 Å². The van der Waals surface area contributed by atoms with Crippen molar-refractivity contribution in [3.63, 3.8) is 0 Å². The monoisotopic (exact) mass is 392 g/mol. The van der Waals surface area contributed by atoms with Crippen LogP contribution in [0, 0.1) is 5.41 Å². The maximum Gasteiger partial charge on any atom is 0.412 e. The summed E-state index contributed by atoms with van der Waals surface area (Å²) in [5.74, 6) is -0.489. The van der Waals surface area contributed by atoms with Crippen LogP contribution in [0.2, 0.25) is 0 Å². The second-order valence-corrected chi connectivity index (χ2v) is 6.62. The Balaban J connectivity index is 2.41. The maximum atomic E-state index is 12.5. The van der Waals surface area contributed by atoms with Crippen molar-refractivity contribution >= 4 is 34.7 Å². The van der Waals surface area contributed by atoms with E-state index in [0.29, 0.717) is 5.56 Å². The molecular formula is C18H21ClN4O4. The molecular weight excluding hydrogens is 372 g/mol. The van der Waals surface area contributed by atoms with Gasteiger partial charge in [0.05, 0.1) is 24.4 Å². The average molecular weight is 393 g/mol. The number of hydrogen-bond acceptors (Lipinski definition) is 5. The molecule has 1 aromatic carbocycles. The molecule has 1 aliphatic heterocycles. The average Bonchev–Trinajstić information content (AvgIpc) is 2.85. The number of carbonyl (C=O) groups is 3. The zero-order valence-electron chi connectivity index (χ0n) is 15.3. The van der Waals surface area contributed by atoms with E-state index in [0.717, 1.165) is 0 Å². The highest BCUT2D eigenvalue weighted by Gasteiger charge is 2.44. The molecule has 0 bridgehead atoms. The quantitative estimate of drug-likeness (QED) is 0.540. The summed E-state index contributed by atoms with van der Waals surface area (Å²) in [6, 6.07) is 8.40. The minimum Gasteiger partial charge on any atom is -0.450 e. The van der Waals surface area contributed by atoms with Gasteiger partial charge in [0.25, 0.3) is 5.91 Å². The summed E-state index contributed by atoms with van der Waals surface area (Å²) < 4.78 is 4.87. The van der Waals surface area contributed by atoms with Crippen molar-refractivity contribution in [1.82, 2.24) is 15.5 Å². The van der Waals surface area contributed by atoms with Gasteiger partial charge in [-0.2, -0.15) is 0 Å². The van der Waals surface area contributed by atoms with Gasteiger partial charge in [-0.05, 0) is 44.5 Å². The van der Waals surface area contributed by atoms with Gasteiger partial charge in [0.2, 0.25) is 0 Å². The first-order valence-electron chi connectivity index (χ1n) is 8.28. The van der Waals surface area contributed by atoms with Crippen LogP contribution in [0.15, 0.2) is 41.7 Å². The molecule has 1 aliphatic rings. The van der Waals surface area contributed by atoms with Crippen LogP contribution in [0.5, 0.6) is 0 Å². The number of amides is 3. The van der Waals surface area contributed by atoms with E-state index in [2.05, 4.69) is 10.6 Å². The summed E-state index contributed by atoms with van der Waals surface area (Å²) in [5.41, 5.74) is -0.300. The first-order chi connectivity index (χ1) is 12.7. The number of hydrogen-bond donors (Lipinski definition) is 3. The molecule has 8 nitrogen and oxygen atoms in total. The number of alkyl carbamates (subject to hydrolysis) is 1. The van der Waals surface area contributed by atoms with Gasteiger partial charge in [-0.15, -0.1) is 0 Å². The lowest BCUT2D eigenvalue weighted by molar-refractivity contribution is 0.0962. The lowest BCUT2D eigenvalue weighted by Gasteiger charge is -2.28. The Bertz CT molecular complexity index is 805. The van der Waals surface area contributed by atoms with E-state index in [9.17, 15) is 14.4 Å². The number of nitrogens with zero attached hydrogens (tertiary/aromatic N) is 1. The molecule has 9 heteroatoms. The van der Waals surface area contributed by atoms with Gasteiger partial charge >= 0.3 is 11.5 Å². The van der Waals surface area contributed by atoms with Crippen molar-refractivity contribution in [2.45, 2.75) is 26.3 Å². The number of benzene rings is 1. The van der Waals surface area contributed by atoms with Crippen molar-refractivity contribution in [1.29, 1.82) is 5.41 Å². The van der Waals surface area contributed by atoms with Gasteiger partial charge < -0.3 is 20.4 Å². The van der Waals surface area contributed by atoms with E-state index < -0.39 is 22.9 Å². The molecule has 1 aromatic rings. The van der Waals surface area contributed by atoms with E-state index in [1.54, 1.807) is 51.1 Å². The van der Waals surface area contributed by atoms with Gasteiger partial charge in [0.1, 0.15) is 5.82 Å². The van der Waals surface area contributed by atoms with Crippen molar-refractivity contribution < 1.29 is 19.1 Å². The van der Waals surface area contributed by atoms with Crippen LogP contribution < -0.4 is 10.6 Å². The molecule has 1 saturated heterocycles. The van der Waals surface area contributed by atoms with E-state index in [1.165, 1.54) is 4.90 Å². The third kappa shape index (κ3) is 4.46. The molecule has 0 unspecified atom stereocenters. The van der Waals surface area contributed by atoms with Crippen LogP contribution in [-0.4, -0.2) is 46.7 Å². The van der Waals surface area contributed by atoms with Gasteiger partial charge in [0, 0.05) is 11.1 Å². The Morgan fingerprint density at radius 2 is 1.85 bits per heavy atom. The topological polar surface area (TPSA) is 112 Å². The summed E-state index contributed by atoms with van der Waals surface area (Å²) in [6.45, 7) is 5.05. The highest BCUT2D eigenvalue weighted by molar-refractivity contribution is 6.63. The molecule has 0 aromatic heterocycles. The van der Waals surface area contributed by atoms with Crippen LogP contribution in [-0.2, 0) is 4.74 Å². The molecule has 2 rings (SSSR count). The Hall–Kier alpha value is -2.87. The van der Waals surface area contributed by atoms with E-state index in [-0.39, 0.29) is 30.3 Å². The Labute approximate surface area is 162 Å². The zero-order chi connectivity index (χ0) is 20.2. The molecule has 0 saturated carbocycles. The summed E-state index contributed by atoms with van der Waals surface area (Å²) >= 11 is 5.63. The number of halogens is 1. The molecule has 1 heterocycles. The first-order valence-corrected chi connectivity index (χ1v) is 8.66. The zero-order valence-corrected chi connectivity index (χ0v) is 16.0. The highest BCUT2D eigenvalue weighted by atomic mass is 35.5. The molecule has 1 fully saturated rings. The van der Waals surface area contributed by atoms with Crippen LogP contribution in [0.4, 0.5) is 9.59 Å². The molecule has 0 atom stereocenters. The molecule has 144 valence electrons. The summed E-state index contributed by atoms with van der Waals surface area (Å²) in [5, 5.41) is 12.7. The SMILES string of the molecule is CCOC(=O)N/C(NC(=O)c1ccccc1)=C1/CN(C(=O)Cl)C(C)(C)C1=N. The molecule has 0 spiro atoms. The number of nitrogens with one attached hydrogen (secondary N) is 3. The molecule has 3 amide bonds. The maximum absolute atomic E-state index is 12.5. The van der Waals surface area contributed by atoms with Crippen LogP contribution in [0.25, 0.3) is 0 Å². The minimum absolute atomic E-state index is 0.0132. The second kappa shape index (κ2) is 8.22. The standard InChI is InChI=1S/C18H21ClN4O4/c1-4-27-17(26)22-14(21-15(24)11-8-6-5-7-9-11)12-10-23(16(19)25)18(2,3)13(12)20/h5-9,20H,4,10H2,1-3H3,(H,21,24)(H,22,26)/b14-12-,20-13?. The van der Waals surface area contributed by atoms with Crippen LogP contribution >= 0.6 is 11.6 Å². The third-order valence-electron chi connectivity index (χ3n) is 4.20. The number of likely N-dealkylation sites (tertiary alicyclic amines) is 1. The third-order valence-corrected chi connectivity index (χ3v) is 4.40. The Morgan fingerprint density at radius 3 is 2.37 bits per heavy atom. The van der Waals surface area contributed by atoms with Crippen molar-refractivity contribution in [3.8, 4) is 0 Å². The molecule has 27 heavy (non-hydrogen) atoms. The number of carbonyl (C=O) groups excluding carboxylic acids is 3. The summed E-state index contributed by atoms with van der Waals surface area (Å²) in [7, 11) is 0. The van der Waals surface area contributed by atoms with Crippen molar-refractivity contribution in [2.24, 2.45) is 0 Å². The first kappa shape index (κ1) is 20.4. The Morgan fingerprint density at radius 1 is 1.22 bits per heavy atom. The van der Waals surface area contributed by atoms with Gasteiger partial charge in [-0.25, -0.2) is 4.79 Å². The fourth-order valence-corrected chi connectivity index (χ4v) is 2.92. The summed E-state index contributed by atoms with van der Waals surface area (Å²) in [4.78, 5) is 37.4. The van der Waals surface area contributed by atoms with Gasteiger partial charge in [-0.3, -0.25) is 14.9 Å².